The second kappa shape index (κ2) is 9.53. The van der Waals surface area contributed by atoms with Crippen molar-refractivity contribution in [2.45, 2.75) is 39.7 Å². The van der Waals surface area contributed by atoms with E-state index in [0.29, 0.717) is 6.54 Å². The van der Waals surface area contributed by atoms with Crippen LogP contribution in [0.2, 0.25) is 0 Å². The van der Waals surface area contributed by atoms with Crippen LogP contribution >= 0.6 is 0 Å². The lowest BCUT2D eigenvalue weighted by molar-refractivity contribution is -0.122. The molecule has 1 rings (SSSR count). The minimum absolute atomic E-state index is 0.0957. The fraction of sp³-hybridized carbons (Fsp3) is 0.588. The number of nitrogens with one attached hydrogen (secondary N) is 1. The standard InChI is InChI=1S/C17H29N3O/c1-4-20(5-2)13-7-6-12-19-17(21)16(18)15-10-8-14(3)9-11-15/h8-11,16H,4-7,12-13,18H2,1-3H3,(H,19,21). The van der Waals surface area contributed by atoms with Gasteiger partial charge in [-0.25, -0.2) is 0 Å². The smallest absolute Gasteiger partial charge is 0.241 e. The number of hydrogen-bond donors (Lipinski definition) is 2. The van der Waals surface area contributed by atoms with Gasteiger partial charge in [-0.1, -0.05) is 43.7 Å². The molecule has 1 aromatic rings. The first-order valence-electron chi connectivity index (χ1n) is 7.90. The van der Waals surface area contributed by atoms with Crippen LogP contribution in [0.4, 0.5) is 0 Å². The van der Waals surface area contributed by atoms with E-state index < -0.39 is 6.04 Å². The molecule has 1 amide bonds. The van der Waals surface area contributed by atoms with Crippen LogP contribution in [0.5, 0.6) is 0 Å². The molecule has 0 radical (unpaired) electrons. The Morgan fingerprint density at radius 1 is 1.19 bits per heavy atom. The molecule has 0 saturated carbocycles. The average Bonchev–Trinajstić information content (AvgIpc) is 2.50. The van der Waals surface area contributed by atoms with Crippen molar-refractivity contribution < 1.29 is 4.79 Å². The summed E-state index contributed by atoms with van der Waals surface area (Å²) < 4.78 is 0. The lowest BCUT2D eigenvalue weighted by Crippen LogP contribution is -2.35. The number of nitrogens with two attached hydrogens (primary N) is 1. The third-order valence-corrected chi connectivity index (χ3v) is 3.81. The van der Waals surface area contributed by atoms with E-state index in [1.165, 1.54) is 5.56 Å². The highest BCUT2D eigenvalue weighted by Gasteiger charge is 2.14. The highest BCUT2D eigenvalue weighted by atomic mass is 16.2. The van der Waals surface area contributed by atoms with Crippen LogP contribution in [0.1, 0.15) is 43.9 Å². The first kappa shape index (κ1) is 17.7. The van der Waals surface area contributed by atoms with Gasteiger partial charge in [0.2, 0.25) is 5.91 Å². The molecule has 0 fully saturated rings. The van der Waals surface area contributed by atoms with E-state index in [-0.39, 0.29) is 5.91 Å². The van der Waals surface area contributed by atoms with Crippen molar-refractivity contribution in [3.63, 3.8) is 0 Å². The van der Waals surface area contributed by atoms with Gasteiger partial charge in [0.25, 0.3) is 0 Å². The van der Waals surface area contributed by atoms with Crippen molar-refractivity contribution in [1.82, 2.24) is 10.2 Å². The van der Waals surface area contributed by atoms with Crippen LogP contribution in [-0.4, -0.2) is 37.0 Å². The highest BCUT2D eigenvalue weighted by Crippen LogP contribution is 2.11. The molecule has 1 aromatic carbocycles. The third kappa shape index (κ3) is 6.27. The monoisotopic (exact) mass is 291 g/mol. The Kier molecular flexibility index (Phi) is 8.01. The van der Waals surface area contributed by atoms with Crippen molar-refractivity contribution in [3.05, 3.63) is 35.4 Å². The number of carbonyl (C=O) groups excluding carboxylic acids is 1. The Labute approximate surface area is 128 Å². The maximum Gasteiger partial charge on any atom is 0.241 e. The van der Waals surface area contributed by atoms with Gasteiger partial charge in [0.1, 0.15) is 6.04 Å². The SMILES string of the molecule is CCN(CC)CCCCNC(=O)C(N)c1ccc(C)cc1. The van der Waals surface area contributed by atoms with E-state index in [1.807, 2.05) is 31.2 Å². The van der Waals surface area contributed by atoms with Crippen molar-refractivity contribution in [1.29, 1.82) is 0 Å². The Balaban J connectivity index is 2.25. The summed E-state index contributed by atoms with van der Waals surface area (Å²) >= 11 is 0. The fourth-order valence-electron chi connectivity index (χ4n) is 2.25. The third-order valence-electron chi connectivity index (χ3n) is 3.81. The van der Waals surface area contributed by atoms with Gasteiger partial charge < -0.3 is 16.0 Å². The van der Waals surface area contributed by atoms with Crippen LogP contribution in [0.3, 0.4) is 0 Å². The Morgan fingerprint density at radius 3 is 2.38 bits per heavy atom. The van der Waals surface area contributed by atoms with Gasteiger partial charge in [-0.3, -0.25) is 4.79 Å². The second-order valence-electron chi connectivity index (χ2n) is 5.41. The molecule has 1 atom stereocenters. The van der Waals surface area contributed by atoms with Gasteiger partial charge >= 0.3 is 0 Å². The van der Waals surface area contributed by atoms with Gasteiger partial charge in [0, 0.05) is 6.54 Å². The fourth-order valence-corrected chi connectivity index (χ4v) is 2.25. The van der Waals surface area contributed by atoms with E-state index in [4.69, 9.17) is 5.73 Å². The number of amides is 1. The predicted octanol–water partition coefficient (Wildman–Crippen LogP) is 2.23. The summed E-state index contributed by atoms with van der Waals surface area (Å²) in [7, 11) is 0. The molecule has 1 unspecified atom stereocenters. The zero-order valence-electron chi connectivity index (χ0n) is 13.6. The van der Waals surface area contributed by atoms with Crippen molar-refractivity contribution >= 4 is 5.91 Å². The molecular weight excluding hydrogens is 262 g/mol. The summed E-state index contributed by atoms with van der Waals surface area (Å²) in [6.45, 7) is 10.3. The van der Waals surface area contributed by atoms with Gasteiger partial charge in [0.05, 0.1) is 0 Å². The molecular formula is C17H29N3O. The number of benzene rings is 1. The summed E-state index contributed by atoms with van der Waals surface area (Å²) in [5, 5.41) is 2.92. The number of unbranched alkanes of at least 4 members (excludes halogenated alkanes) is 1. The maximum absolute atomic E-state index is 12.0. The van der Waals surface area contributed by atoms with E-state index in [0.717, 1.165) is 38.0 Å². The summed E-state index contributed by atoms with van der Waals surface area (Å²) in [4.78, 5) is 14.4. The molecule has 4 nitrogen and oxygen atoms in total. The average molecular weight is 291 g/mol. The lowest BCUT2D eigenvalue weighted by atomic mass is 10.1. The van der Waals surface area contributed by atoms with Crippen molar-refractivity contribution in [2.75, 3.05) is 26.2 Å². The van der Waals surface area contributed by atoms with E-state index >= 15 is 0 Å². The number of aryl methyl sites for hydroxylation is 1. The predicted molar refractivity (Wildman–Crippen MR) is 88.1 cm³/mol. The number of hydrogen-bond acceptors (Lipinski definition) is 3. The Bertz CT molecular complexity index is 413. The first-order valence-corrected chi connectivity index (χ1v) is 7.90. The molecule has 0 heterocycles. The zero-order chi connectivity index (χ0) is 15.7. The first-order chi connectivity index (χ1) is 10.1. The molecule has 0 saturated heterocycles. The molecule has 4 heteroatoms. The normalized spacial score (nSPS) is 12.4. The molecule has 0 bridgehead atoms. The minimum atomic E-state index is -0.576. The second-order valence-corrected chi connectivity index (χ2v) is 5.41. The van der Waals surface area contributed by atoms with Crippen LogP contribution < -0.4 is 11.1 Å². The molecule has 0 spiro atoms. The summed E-state index contributed by atoms with van der Waals surface area (Å²) in [6.07, 6.45) is 2.09. The van der Waals surface area contributed by atoms with Gasteiger partial charge in [-0.2, -0.15) is 0 Å². The van der Waals surface area contributed by atoms with Gasteiger partial charge in [-0.05, 0) is 45.0 Å². The van der Waals surface area contributed by atoms with E-state index in [1.54, 1.807) is 0 Å². The highest BCUT2D eigenvalue weighted by molar-refractivity contribution is 5.82. The molecule has 3 N–H and O–H groups in total. The minimum Gasteiger partial charge on any atom is -0.354 e. The van der Waals surface area contributed by atoms with Crippen LogP contribution in [0.15, 0.2) is 24.3 Å². The van der Waals surface area contributed by atoms with Crippen LogP contribution in [0.25, 0.3) is 0 Å². The Morgan fingerprint density at radius 2 is 1.81 bits per heavy atom. The summed E-state index contributed by atoms with van der Waals surface area (Å²) in [5.41, 5.74) is 8.01. The molecule has 118 valence electrons. The molecule has 21 heavy (non-hydrogen) atoms. The number of carbonyl (C=O) groups is 1. The van der Waals surface area contributed by atoms with Crippen molar-refractivity contribution in [2.24, 2.45) is 5.73 Å². The summed E-state index contributed by atoms with van der Waals surface area (Å²) in [6, 6.07) is 7.22. The maximum atomic E-state index is 12.0. The molecule has 0 aromatic heterocycles. The number of rotatable bonds is 9. The molecule has 0 aliphatic rings. The van der Waals surface area contributed by atoms with Crippen LogP contribution in [-0.2, 0) is 4.79 Å². The number of nitrogens with zero attached hydrogens (tertiary/aromatic N) is 1. The topological polar surface area (TPSA) is 58.4 Å². The van der Waals surface area contributed by atoms with E-state index in [2.05, 4.69) is 24.1 Å². The molecule has 0 aliphatic carbocycles. The van der Waals surface area contributed by atoms with Gasteiger partial charge in [-0.15, -0.1) is 0 Å². The zero-order valence-corrected chi connectivity index (χ0v) is 13.6. The quantitative estimate of drug-likeness (QED) is 0.686. The summed E-state index contributed by atoms with van der Waals surface area (Å²) in [5.74, 6) is -0.0957. The lowest BCUT2D eigenvalue weighted by Gasteiger charge is -2.18. The largest absolute Gasteiger partial charge is 0.354 e. The van der Waals surface area contributed by atoms with E-state index in [9.17, 15) is 4.79 Å². The Hall–Kier alpha value is -1.39. The van der Waals surface area contributed by atoms with Crippen LogP contribution in [0, 0.1) is 6.92 Å². The molecule has 0 aliphatic heterocycles. The van der Waals surface area contributed by atoms with Crippen molar-refractivity contribution in [3.8, 4) is 0 Å². The van der Waals surface area contributed by atoms with Gasteiger partial charge in [0.15, 0.2) is 0 Å².